The first-order valence-electron chi connectivity index (χ1n) is 11.3. The van der Waals surface area contributed by atoms with Gasteiger partial charge in [-0.3, -0.25) is 9.69 Å². The van der Waals surface area contributed by atoms with Gasteiger partial charge in [0, 0.05) is 24.8 Å². The van der Waals surface area contributed by atoms with E-state index in [4.69, 9.17) is 9.47 Å². The summed E-state index contributed by atoms with van der Waals surface area (Å²) in [6.07, 6.45) is 3.24. The number of piperidine rings is 1. The van der Waals surface area contributed by atoms with Crippen molar-refractivity contribution in [2.45, 2.75) is 38.9 Å². The average molecular weight is 453 g/mol. The normalized spacial score (nSPS) is 20.8. The maximum atomic E-state index is 13.3. The van der Waals surface area contributed by atoms with Crippen LogP contribution in [0.4, 0.5) is 5.82 Å². The number of β-amino-alcohol motifs (C(OH)–C–C–N with tert-alkyl or cyclic N) is 1. The van der Waals surface area contributed by atoms with Gasteiger partial charge in [-0.2, -0.15) is 4.98 Å². The summed E-state index contributed by atoms with van der Waals surface area (Å²) in [5.41, 5.74) is 2.83. The summed E-state index contributed by atoms with van der Waals surface area (Å²) in [6, 6.07) is 5.56. The fourth-order valence-corrected chi connectivity index (χ4v) is 5.32. The van der Waals surface area contributed by atoms with Crippen molar-refractivity contribution in [2.75, 3.05) is 38.2 Å². The molecule has 4 heterocycles. The minimum absolute atomic E-state index is 0.114. The number of hydrogen-bond acceptors (Lipinski definition) is 8. The number of fused-ring (bicyclic) bond motifs is 1. The van der Waals surface area contributed by atoms with Gasteiger partial charge in [0.1, 0.15) is 12.4 Å². The summed E-state index contributed by atoms with van der Waals surface area (Å²) in [6.45, 7) is 4.81. The molecule has 0 saturated carbocycles. The molecule has 1 unspecified atom stereocenters. The average Bonchev–Trinajstić information content (AvgIpc) is 3.36. The first-order chi connectivity index (χ1) is 15.9. The van der Waals surface area contributed by atoms with Gasteiger partial charge in [-0.05, 0) is 62.5 Å². The van der Waals surface area contributed by atoms with Crippen LogP contribution < -0.4 is 9.64 Å². The summed E-state index contributed by atoms with van der Waals surface area (Å²) in [4.78, 5) is 37.4. The number of likely N-dealkylation sites (tertiary alicyclic amines) is 1. The Labute approximate surface area is 192 Å². The molecule has 3 aliphatic heterocycles. The first kappa shape index (κ1) is 21.8. The minimum Gasteiger partial charge on any atom is -0.467 e. The summed E-state index contributed by atoms with van der Waals surface area (Å²) < 4.78 is 10.2. The molecule has 9 heteroatoms. The number of hydrogen-bond donors (Lipinski definition) is 1. The van der Waals surface area contributed by atoms with Crippen LogP contribution in [-0.2, 0) is 16.1 Å². The largest absolute Gasteiger partial charge is 0.467 e. The lowest BCUT2D eigenvalue weighted by Gasteiger charge is -2.38. The third-order valence-electron chi connectivity index (χ3n) is 7.40. The SMILES string of the molecule is COc1nccc(N2CCC3(CCN(CC(O)c4ccc5c(c4C)COC5=O)CC3)C2=O)n1. The van der Waals surface area contributed by atoms with Crippen molar-refractivity contribution in [1.29, 1.82) is 0 Å². The second-order valence-corrected chi connectivity index (χ2v) is 9.09. The van der Waals surface area contributed by atoms with Crippen LogP contribution in [0.2, 0.25) is 0 Å². The summed E-state index contributed by atoms with van der Waals surface area (Å²) >= 11 is 0. The number of rotatable bonds is 5. The van der Waals surface area contributed by atoms with Crippen LogP contribution in [0.1, 0.15) is 52.4 Å². The highest BCUT2D eigenvalue weighted by atomic mass is 16.5. The zero-order valence-electron chi connectivity index (χ0n) is 18.9. The zero-order chi connectivity index (χ0) is 23.2. The van der Waals surface area contributed by atoms with Crippen molar-refractivity contribution in [3.05, 3.63) is 46.6 Å². The zero-order valence-corrected chi connectivity index (χ0v) is 18.9. The Hall–Kier alpha value is -3.04. The number of carbonyl (C=O) groups excluding carboxylic acids is 2. The van der Waals surface area contributed by atoms with Gasteiger partial charge in [0.25, 0.3) is 0 Å². The van der Waals surface area contributed by atoms with Gasteiger partial charge in [0.2, 0.25) is 5.91 Å². The molecule has 1 N–H and O–H groups in total. The molecular weight excluding hydrogens is 424 g/mol. The molecule has 174 valence electrons. The number of amides is 1. The van der Waals surface area contributed by atoms with Crippen molar-refractivity contribution >= 4 is 17.7 Å². The predicted octanol–water partition coefficient (Wildman–Crippen LogP) is 2.02. The quantitative estimate of drug-likeness (QED) is 0.687. The molecule has 1 aromatic carbocycles. The molecule has 0 bridgehead atoms. The van der Waals surface area contributed by atoms with Crippen LogP contribution >= 0.6 is 0 Å². The van der Waals surface area contributed by atoms with E-state index in [1.54, 1.807) is 23.2 Å². The van der Waals surface area contributed by atoms with Gasteiger partial charge in [0.15, 0.2) is 0 Å². The minimum atomic E-state index is -0.663. The van der Waals surface area contributed by atoms with E-state index in [1.807, 2.05) is 13.0 Å². The Morgan fingerprint density at radius 3 is 2.70 bits per heavy atom. The van der Waals surface area contributed by atoms with Crippen LogP contribution in [0.25, 0.3) is 0 Å². The van der Waals surface area contributed by atoms with Gasteiger partial charge in [0.05, 0.1) is 24.2 Å². The van der Waals surface area contributed by atoms with E-state index in [9.17, 15) is 14.7 Å². The maximum absolute atomic E-state index is 13.3. The molecular formula is C24H28N4O5. The van der Waals surface area contributed by atoms with Gasteiger partial charge in [-0.25, -0.2) is 9.78 Å². The predicted molar refractivity (Wildman–Crippen MR) is 119 cm³/mol. The Balaban J connectivity index is 1.23. The van der Waals surface area contributed by atoms with Gasteiger partial charge < -0.3 is 19.5 Å². The van der Waals surface area contributed by atoms with E-state index >= 15 is 0 Å². The molecule has 2 aromatic rings. The molecule has 0 radical (unpaired) electrons. The molecule has 0 aliphatic carbocycles. The molecule has 2 saturated heterocycles. The highest BCUT2D eigenvalue weighted by Gasteiger charge is 2.49. The number of ether oxygens (including phenoxy) is 2. The molecule has 9 nitrogen and oxygen atoms in total. The number of aliphatic hydroxyl groups excluding tert-OH is 1. The number of methoxy groups -OCH3 is 1. The number of benzene rings is 1. The van der Waals surface area contributed by atoms with Crippen LogP contribution in [0.15, 0.2) is 24.4 Å². The standard InChI is InChI=1S/C24H28N4O5/c1-15-16(3-4-17-18(15)14-33-21(17)30)19(29)13-27-10-6-24(7-11-27)8-12-28(22(24)31)20-5-9-25-23(26-20)32-2/h3-5,9,19,29H,6-8,10-14H2,1-2H3. The second-order valence-electron chi connectivity index (χ2n) is 9.09. The van der Waals surface area contributed by atoms with Gasteiger partial charge >= 0.3 is 12.0 Å². The fourth-order valence-electron chi connectivity index (χ4n) is 5.32. The molecule has 5 rings (SSSR count). The maximum Gasteiger partial charge on any atom is 0.338 e. The topological polar surface area (TPSA) is 105 Å². The summed E-state index contributed by atoms with van der Waals surface area (Å²) in [7, 11) is 1.51. The number of nitrogens with zero attached hydrogens (tertiary/aromatic N) is 4. The molecule has 2 fully saturated rings. The molecule has 1 atom stereocenters. The fraction of sp³-hybridized carbons (Fsp3) is 0.500. The second kappa shape index (κ2) is 8.39. The highest BCUT2D eigenvalue weighted by molar-refractivity contribution is 5.99. The van der Waals surface area contributed by atoms with E-state index < -0.39 is 6.10 Å². The van der Waals surface area contributed by atoms with Crippen molar-refractivity contribution in [3.8, 4) is 6.01 Å². The van der Waals surface area contributed by atoms with E-state index in [0.717, 1.165) is 49.0 Å². The van der Waals surface area contributed by atoms with E-state index in [0.29, 0.717) is 24.5 Å². The molecule has 3 aliphatic rings. The number of carbonyl (C=O) groups is 2. The summed E-state index contributed by atoms with van der Waals surface area (Å²) in [5.74, 6) is 0.393. The van der Waals surface area contributed by atoms with Crippen LogP contribution in [0.3, 0.4) is 0 Å². The molecule has 1 spiro atoms. The monoisotopic (exact) mass is 452 g/mol. The number of aliphatic hydroxyl groups is 1. The van der Waals surface area contributed by atoms with E-state index in [-0.39, 0.29) is 29.9 Å². The number of anilines is 1. The van der Waals surface area contributed by atoms with Crippen LogP contribution in [0, 0.1) is 12.3 Å². The van der Waals surface area contributed by atoms with Gasteiger partial charge in [-0.1, -0.05) is 6.07 Å². The van der Waals surface area contributed by atoms with Crippen molar-refractivity contribution < 1.29 is 24.2 Å². The highest BCUT2D eigenvalue weighted by Crippen LogP contribution is 2.43. The van der Waals surface area contributed by atoms with Gasteiger partial charge in [-0.15, -0.1) is 0 Å². The Morgan fingerprint density at radius 2 is 1.94 bits per heavy atom. The molecule has 1 aromatic heterocycles. The Kier molecular flexibility index (Phi) is 5.54. The number of aromatic nitrogens is 2. The molecule has 33 heavy (non-hydrogen) atoms. The number of esters is 1. The van der Waals surface area contributed by atoms with Crippen molar-refractivity contribution in [3.63, 3.8) is 0 Å². The smallest absolute Gasteiger partial charge is 0.338 e. The Bertz CT molecular complexity index is 1100. The molecule has 1 amide bonds. The first-order valence-corrected chi connectivity index (χ1v) is 11.3. The third-order valence-corrected chi connectivity index (χ3v) is 7.40. The van der Waals surface area contributed by atoms with E-state index in [1.165, 1.54) is 7.11 Å². The lowest BCUT2D eigenvalue weighted by Crippen LogP contribution is -2.45. The van der Waals surface area contributed by atoms with Crippen LogP contribution in [0.5, 0.6) is 6.01 Å². The Morgan fingerprint density at radius 1 is 1.18 bits per heavy atom. The van der Waals surface area contributed by atoms with E-state index in [2.05, 4.69) is 14.9 Å². The van der Waals surface area contributed by atoms with Crippen molar-refractivity contribution in [1.82, 2.24) is 14.9 Å². The lowest BCUT2D eigenvalue weighted by molar-refractivity contribution is -0.128. The number of cyclic esters (lactones) is 1. The summed E-state index contributed by atoms with van der Waals surface area (Å²) in [5, 5.41) is 10.9. The van der Waals surface area contributed by atoms with Crippen LogP contribution in [-0.4, -0.2) is 65.1 Å². The third kappa shape index (κ3) is 3.75. The lowest BCUT2D eigenvalue weighted by atomic mass is 9.77. The van der Waals surface area contributed by atoms with Crippen molar-refractivity contribution in [2.24, 2.45) is 5.41 Å².